The summed E-state index contributed by atoms with van der Waals surface area (Å²) in [5, 5.41) is 4.22. The van der Waals surface area contributed by atoms with Gasteiger partial charge < -0.3 is 14.2 Å². The smallest absolute Gasteiger partial charge is 0.273 e. The van der Waals surface area contributed by atoms with Crippen LogP contribution >= 0.6 is 0 Å². The lowest BCUT2D eigenvalue weighted by Crippen LogP contribution is -2.37. The summed E-state index contributed by atoms with van der Waals surface area (Å²) >= 11 is 0. The molecule has 2 rings (SSSR count). The molecule has 1 aromatic carbocycles. The molecule has 0 atom stereocenters. The van der Waals surface area contributed by atoms with E-state index in [-0.39, 0.29) is 17.9 Å². The maximum Gasteiger partial charge on any atom is 0.273 e. The van der Waals surface area contributed by atoms with Gasteiger partial charge in [-0.05, 0) is 52.3 Å². The van der Waals surface area contributed by atoms with Crippen LogP contribution in [0.25, 0.3) is 0 Å². The standard InChI is InChI=1S/C19H26N2O4/c1-6-23-13-25-16-9-7-15(8-10-16)12-24-17-11-20-21(19(3,4)5)18(22)14(17)2/h7-11H,6,12-13H2,1-5H3. The van der Waals surface area contributed by atoms with E-state index in [9.17, 15) is 4.79 Å². The van der Waals surface area contributed by atoms with Gasteiger partial charge in [-0.25, -0.2) is 4.68 Å². The fourth-order valence-electron chi connectivity index (χ4n) is 2.18. The van der Waals surface area contributed by atoms with E-state index in [1.807, 2.05) is 52.0 Å². The van der Waals surface area contributed by atoms with Gasteiger partial charge in [-0.2, -0.15) is 5.10 Å². The minimum absolute atomic E-state index is 0.135. The van der Waals surface area contributed by atoms with E-state index in [1.54, 1.807) is 13.1 Å². The van der Waals surface area contributed by atoms with Crippen LogP contribution < -0.4 is 15.0 Å². The molecule has 2 aromatic rings. The van der Waals surface area contributed by atoms with Crippen molar-refractivity contribution in [1.29, 1.82) is 0 Å². The van der Waals surface area contributed by atoms with Crippen LogP contribution in [0.5, 0.6) is 11.5 Å². The number of hydrogen-bond acceptors (Lipinski definition) is 5. The van der Waals surface area contributed by atoms with Crippen LogP contribution in [0.15, 0.2) is 35.3 Å². The second-order valence-corrected chi connectivity index (χ2v) is 6.71. The Morgan fingerprint density at radius 3 is 2.40 bits per heavy atom. The lowest BCUT2D eigenvalue weighted by Gasteiger charge is -2.21. The molecule has 0 saturated heterocycles. The van der Waals surface area contributed by atoms with Crippen molar-refractivity contribution >= 4 is 0 Å². The Labute approximate surface area is 148 Å². The number of hydrogen-bond donors (Lipinski definition) is 0. The highest BCUT2D eigenvalue weighted by molar-refractivity contribution is 5.29. The van der Waals surface area contributed by atoms with Crippen LogP contribution in [-0.4, -0.2) is 23.2 Å². The molecule has 0 spiro atoms. The highest BCUT2D eigenvalue weighted by Crippen LogP contribution is 2.18. The summed E-state index contributed by atoms with van der Waals surface area (Å²) in [6, 6.07) is 7.56. The largest absolute Gasteiger partial charge is 0.487 e. The zero-order valence-electron chi connectivity index (χ0n) is 15.5. The van der Waals surface area contributed by atoms with E-state index < -0.39 is 0 Å². The Bertz CT molecular complexity index is 745. The van der Waals surface area contributed by atoms with Crippen LogP contribution in [0.3, 0.4) is 0 Å². The van der Waals surface area contributed by atoms with Gasteiger partial charge in [-0.1, -0.05) is 12.1 Å². The van der Waals surface area contributed by atoms with E-state index in [0.717, 1.165) is 11.3 Å². The summed E-state index contributed by atoms with van der Waals surface area (Å²) in [7, 11) is 0. The molecule has 0 aliphatic carbocycles. The van der Waals surface area contributed by atoms with E-state index in [2.05, 4.69) is 5.10 Å². The maximum absolute atomic E-state index is 12.4. The Balaban J connectivity index is 2.02. The number of rotatable bonds is 7. The monoisotopic (exact) mass is 346 g/mol. The number of nitrogens with zero attached hydrogens (tertiary/aromatic N) is 2. The van der Waals surface area contributed by atoms with E-state index >= 15 is 0 Å². The van der Waals surface area contributed by atoms with Crippen LogP contribution in [0.2, 0.25) is 0 Å². The third-order valence-corrected chi connectivity index (χ3v) is 3.64. The molecule has 25 heavy (non-hydrogen) atoms. The van der Waals surface area contributed by atoms with Crippen LogP contribution in [-0.2, 0) is 16.9 Å². The van der Waals surface area contributed by atoms with Crippen LogP contribution in [0.4, 0.5) is 0 Å². The van der Waals surface area contributed by atoms with Crippen molar-refractivity contribution in [2.75, 3.05) is 13.4 Å². The summed E-state index contributed by atoms with van der Waals surface area (Å²) in [5.74, 6) is 1.24. The summed E-state index contributed by atoms with van der Waals surface area (Å²) in [5.41, 5.74) is 1.03. The quantitative estimate of drug-likeness (QED) is 0.569. The second-order valence-electron chi connectivity index (χ2n) is 6.71. The maximum atomic E-state index is 12.4. The fourth-order valence-corrected chi connectivity index (χ4v) is 2.18. The molecule has 0 N–H and O–H groups in total. The molecule has 0 aliphatic heterocycles. The first-order valence-electron chi connectivity index (χ1n) is 8.34. The molecule has 6 nitrogen and oxygen atoms in total. The van der Waals surface area contributed by atoms with Gasteiger partial charge in [0.05, 0.1) is 17.3 Å². The van der Waals surface area contributed by atoms with Gasteiger partial charge in [0.25, 0.3) is 5.56 Å². The molecule has 0 radical (unpaired) electrons. The van der Waals surface area contributed by atoms with Crippen molar-refractivity contribution in [3.05, 3.63) is 51.9 Å². The van der Waals surface area contributed by atoms with Gasteiger partial charge in [-0.15, -0.1) is 0 Å². The van der Waals surface area contributed by atoms with Gasteiger partial charge in [0, 0.05) is 6.61 Å². The topological polar surface area (TPSA) is 62.6 Å². The minimum atomic E-state index is -0.363. The van der Waals surface area contributed by atoms with Gasteiger partial charge in [0.1, 0.15) is 18.1 Å². The van der Waals surface area contributed by atoms with Crippen molar-refractivity contribution in [1.82, 2.24) is 9.78 Å². The summed E-state index contributed by atoms with van der Waals surface area (Å²) in [6.45, 7) is 10.7. The lowest BCUT2D eigenvalue weighted by atomic mass is 10.1. The molecule has 136 valence electrons. The molecule has 1 aromatic heterocycles. The number of ether oxygens (including phenoxy) is 3. The Hall–Kier alpha value is -2.34. The predicted molar refractivity (Wildman–Crippen MR) is 96.1 cm³/mol. The van der Waals surface area contributed by atoms with E-state index in [0.29, 0.717) is 24.5 Å². The molecule has 0 bridgehead atoms. The zero-order chi connectivity index (χ0) is 18.4. The van der Waals surface area contributed by atoms with Crippen molar-refractivity contribution in [2.45, 2.75) is 46.8 Å². The first-order valence-corrected chi connectivity index (χ1v) is 8.34. The van der Waals surface area contributed by atoms with E-state index in [1.165, 1.54) is 4.68 Å². The van der Waals surface area contributed by atoms with Crippen molar-refractivity contribution in [3.63, 3.8) is 0 Å². The number of aromatic nitrogens is 2. The first-order chi connectivity index (χ1) is 11.8. The Kier molecular flexibility index (Phi) is 6.20. The average Bonchev–Trinajstić information content (AvgIpc) is 2.56. The highest BCUT2D eigenvalue weighted by atomic mass is 16.7. The molecule has 1 heterocycles. The molecule has 0 aliphatic rings. The van der Waals surface area contributed by atoms with Gasteiger partial charge in [0.15, 0.2) is 6.79 Å². The Morgan fingerprint density at radius 1 is 1.12 bits per heavy atom. The molecule has 0 unspecified atom stereocenters. The third-order valence-electron chi connectivity index (χ3n) is 3.64. The number of benzene rings is 1. The van der Waals surface area contributed by atoms with Crippen LogP contribution in [0.1, 0.15) is 38.8 Å². The molecule has 6 heteroatoms. The summed E-state index contributed by atoms with van der Waals surface area (Å²) in [4.78, 5) is 12.4. The van der Waals surface area contributed by atoms with Crippen molar-refractivity contribution < 1.29 is 14.2 Å². The normalized spacial score (nSPS) is 11.4. The van der Waals surface area contributed by atoms with Crippen molar-refractivity contribution in [3.8, 4) is 11.5 Å². The SMILES string of the molecule is CCOCOc1ccc(COc2cnn(C(C)(C)C)c(=O)c2C)cc1. The third kappa shape index (κ3) is 5.06. The van der Waals surface area contributed by atoms with Gasteiger partial charge >= 0.3 is 0 Å². The molecular formula is C19H26N2O4. The molecule has 0 saturated carbocycles. The van der Waals surface area contributed by atoms with E-state index in [4.69, 9.17) is 14.2 Å². The molecular weight excluding hydrogens is 320 g/mol. The summed E-state index contributed by atoms with van der Waals surface area (Å²) < 4.78 is 17.8. The molecule has 0 fully saturated rings. The van der Waals surface area contributed by atoms with Gasteiger partial charge in [-0.3, -0.25) is 4.79 Å². The fraction of sp³-hybridized carbons (Fsp3) is 0.474. The second kappa shape index (κ2) is 8.16. The molecule has 0 amide bonds. The first kappa shape index (κ1) is 19.0. The Morgan fingerprint density at radius 2 is 1.80 bits per heavy atom. The van der Waals surface area contributed by atoms with Crippen molar-refractivity contribution in [2.24, 2.45) is 0 Å². The van der Waals surface area contributed by atoms with Crippen LogP contribution in [0, 0.1) is 6.92 Å². The summed E-state index contributed by atoms with van der Waals surface area (Å²) in [6.07, 6.45) is 1.60. The highest BCUT2D eigenvalue weighted by Gasteiger charge is 2.18. The minimum Gasteiger partial charge on any atom is -0.487 e. The average molecular weight is 346 g/mol. The van der Waals surface area contributed by atoms with Gasteiger partial charge in [0.2, 0.25) is 0 Å². The zero-order valence-corrected chi connectivity index (χ0v) is 15.5. The lowest BCUT2D eigenvalue weighted by molar-refractivity contribution is 0.0224. The predicted octanol–water partition coefficient (Wildman–Crippen LogP) is 3.26.